The van der Waals surface area contributed by atoms with Crippen molar-refractivity contribution >= 4 is 16.6 Å². The zero-order chi connectivity index (χ0) is 18.8. The molecule has 1 aliphatic heterocycles. The average Bonchev–Trinajstić information content (AvgIpc) is 3.21. The Morgan fingerprint density at radius 2 is 1.89 bits per heavy atom. The zero-order valence-electron chi connectivity index (χ0n) is 15.8. The van der Waals surface area contributed by atoms with Gasteiger partial charge in [-0.25, -0.2) is 0 Å². The largest absolute Gasteiger partial charge is 0.493 e. The predicted molar refractivity (Wildman–Crippen MR) is 101 cm³/mol. The molecule has 8 heteroatoms. The topological polar surface area (TPSA) is 86.4 Å². The highest BCUT2D eigenvalue weighted by Crippen LogP contribution is 2.37. The van der Waals surface area contributed by atoms with Gasteiger partial charge in [-0.3, -0.25) is 0 Å². The Morgan fingerprint density at radius 1 is 1.15 bits per heavy atom. The second kappa shape index (κ2) is 7.38. The normalized spacial score (nSPS) is 15.3. The lowest BCUT2D eigenvalue weighted by Gasteiger charge is -2.31. The summed E-state index contributed by atoms with van der Waals surface area (Å²) in [5, 5.41) is 14.7. The van der Waals surface area contributed by atoms with Gasteiger partial charge in [0, 0.05) is 36.2 Å². The summed E-state index contributed by atoms with van der Waals surface area (Å²) in [5.41, 5.74) is 0. The monoisotopic (exact) mass is 369 g/mol. The number of hydrogen-bond acceptors (Lipinski definition) is 8. The first kappa shape index (κ1) is 17.5. The van der Waals surface area contributed by atoms with Crippen LogP contribution in [-0.4, -0.2) is 47.6 Å². The molecule has 142 valence electrons. The number of piperidine rings is 1. The number of anilines is 1. The lowest BCUT2D eigenvalue weighted by atomic mass is 9.96. The van der Waals surface area contributed by atoms with Gasteiger partial charge < -0.3 is 18.9 Å². The van der Waals surface area contributed by atoms with Gasteiger partial charge in [0.2, 0.25) is 5.89 Å². The molecule has 27 heavy (non-hydrogen) atoms. The lowest BCUT2D eigenvalue weighted by Crippen LogP contribution is -2.34. The third kappa shape index (κ3) is 3.27. The van der Waals surface area contributed by atoms with Crippen molar-refractivity contribution in [3.63, 3.8) is 0 Å². The van der Waals surface area contributed by atoms with Crippen LogP contribution in [0.5, 0.6) is 11.5 Å². The van der Waals surface area contributed by atoms with E-state index in [4.69, 9.17) is 14.0 Å². The molecule has 1 aromatic carbocycles. The van der Waals surface area contributed by atoms with E-state index in [2.05, 4.69) is 25.2 Å². The van der Waals surface area contributed by atoms with Crippen LogP contribution < -0.4 is 14.4 Å². The van der Waals surface area contributed by atoms with Crippen molar-refractivity contribution < 1.29 is 14.0 Å². The summed E-state index contributed by atoms with van der Waals surface area (Å²) in [6, 6.07) is 3.90. The van der Waals surface area contributed by atoms with E-state index in [-0.39, 0.29) is 0 Å². The molecule has 0 saturated carbocycles. The van der Waals surface area contributed by atoms with E-state index in [9.17, 15) is 0 Å². The summed E-state index contributed by atoms with van der Waals surface area (Å²) in [5.74, 6) is 4.09. The SMILES string of the molecule is CCc1nc(C2CCN(c3nncc4cc(OC)c(OC)cc34)CC2)no1. The average molecular weight is 369 g/mol. The molecule has 1 saturated heterocycles. The van der Waals surface area contributed by atoms with Crippen molar-refractivity contribution in [2.24, 2.45) is 0 Å². The van der Waals surface area contributed by atoms with Gasteiger partial charge in [-0.2, -0.15) is 10.1 Å². The summed E-state index contributed by atoms with van der Waals surface area (Å²) in [4.78, 5) is 6.75. The second-order valence-electron chi connectivity index (χ2n) is 6.62. The fourth-order valence-corrected chi connectivity index (χ4v) is 3.56. The molecule has 1 aliphatic rings. The summed E-state index contributed by atoms with van der Waals surface area (Å²) in [6.07, 6.45) is 4.42. The fraction of sp³-hybridized carbons (Fsp3) is 0.474. The molecule has 8 nitrogen and oxygen atoms in total. The third-order valence-corrected chi connectivity index (χ3v) is 5.09. The maximum absolute atomic E-state index is 5.46. The number of aryl methyl sites for hydroxylation is 1. The number of nitrogens with zero attached hydrogens (tertiary/aromatic N) is 5. The van der Waals surface area contributed by atoms with Gasteiger partial charge >= 0.3 is 0 Å². The molecule has 3 aromatic rings. The first-order chi connectivity index (χ1) is 13.2. The van der Waals surface area contributed by atoms with Crippen LogP contribution >= 0.6 is 0 Å². The molecule has 3 heterocycles. The predicted octanol–water partition coefficient (Wildman–Crippen LogP) is 2.98. The molecule has 0 aliphatic carbocycles. The van der Waals surface area contributed by atoms with Crippen LogP contribution in [0.15, 0.2) is 22.9 Å². The number of fused-ring (bicyclic) bond motifs is 1. The van der Waals surface area contributed by atoms with Crippen molar-refractivity contribution in [1.82, 2.24) is 20.3 Å². The number of benzene rings is 1. The molecule has 0 spiro atoms. The van der Waals surface area contributed by atoms with Crippen molar-refractivity contribution in [2.75, 3.05) is 32.2 Å². The summed E-state index contributed by atoms with van der Waals surface area (Å²) in [7, 11) is 3.27. The minimum atomic E-state index is 0.322. The number of aromatic nitrogens is 4. The Balaban J connectivity index is 1.58. The van der Waals surface area contributed by atoms with E-state index in [0.717, 1.165) is 54.8 Å². The van der Waals surface area contributed by atoms with E-state index in [1.807, 2.05) is 19.1 Å². The first-order valence-electron chi connectivity index (χ1n) is 9.18. The molecule has 0 unspecified atom stereocenters. The van der Waals surface area contributed by atoms with Gasteiger partial charge in [0.1, 0.15) is 0 Å². The molecule has 0 radical (unpaired) electrons. The Morgan fingerprint density at radius 3 is 2.56 bits per heavy atom. The third-order valence-electron chi connectivity index (χ3n) is 5.09. The molecular weight excluding hydrogens is 346 g/mol. The number of methoxy groups -OCH3 is 2. The van der Waals surface area contributed by atoms with Crippen LogP contribution in [0, 0.1) is 0 Å². The van der Waals surface area contributed by atoms with Crippen LogP contribution in [0.2, 0.25) is 0 Å². The van der Waals surface area contributed by atoms with Crippen LogP contribution in [-0.2, 0) is 6.42 Å². The summed E-state index contributed by atoms with van der Waals surface area (Å²) in [6.45, 7) is 3.74. The minimum Gasteiger partial charge on any atom is -0.493 e. The molecule has 1 fully saturated rings. The Bertz CT molecular complexity index is 934. The van der Waals surface area contributed by atoms with Crippen LogP contribution in [0.4, 0.5) is 5.82 Å². The van der Waals surface area contributed by atoms with Gasteiger partial charge in [0.25, 0.3) is 0 Å². The van der Waals surface area contributed by atoms with E-state index < -0.39 is 0 Å². The molecule has 0 bridgehead atoms. The molecule has 0 atom stereocenters. The Hall–Kier alpha value is -2.90. The molecule has 0 amide bonds. The first-order valence-corrected chi connectivity index (χ1v) is 9.18. The van der Waals surface area contributed by atoms with E-state index >= 15 is 0 Å². The lowest BCUT2D eigenvalue weighted by molar-refractivity contribution is 0.356. The highest BCUT2D eigenvalue weighted by atomic mass is 16.5. The van der Waals surface area contributed by atoms with Gasteiger partial charge in [0.05, 0.1) is 20.4 Å². The van der Waals surface area contributed by atoms with Crippen LogP contribution in [0.3, 0.4) is 0 Å². The second-order valence-corrected chi connectivity index (χ2v) is 6.62. The van der Waals surface area contributed by atoms with Gasteiger partial charge in [-0.05, 0) is 25.0 Å². The number of rotatable bonds is 5. The van der Waals surface area contributed by atoms with E-state index in [1.165, 1.54) is 0 Å². The highest BCUT2D eigenvalue weighted by Gasteiger charge is 2.26. The number of ether oxygens (including phenoxy) is 2. The van der Waals surface area contributed by atoms with Gasteiger partial charge in [-0.15, -0.1) is 5.10 Å². The van der Waals surface area contributed by atoms with Gasteiger partial charge in [0.15, 0.2) is 23.1 Å². The van der Waals surface area contributed by atoms with Crippen molar-refractivity contribution in [3.05, 3.63) is 30.0 Å². The molecule has 2 aromatic heterocycles. The summed E-state index contributed by atoms with van der Waals surface area (Å²) >= 11 is 0. The van der Waals surface area contributed by atoms with E-state index in [1.54, 1.807) is 20.4 Å². The summed E-state index contributed by atoms with van der Waals surface area (Å²) < 4.78 is 16.1. The highest BCUT2D eigenvalue weighted by molar-refractivity contribution is 5.94. The van der Waals surface area contributed by atoms with Crippen molar-refractivity contribution in [1.29, 1.82) is 0 Å². The van der Waals surface area contributed by atoms with E-state index in [0.29, 0.717) is 23.3 Å². The van der Waals surface area contributed by atoms with Crippen LogP contribution in [0.1, 0.15) is 37.4 Å². The van der Waals surface area contributed by atoms with Crippen molar-refractivity contribution in [3.8, 4) is 11.5 Å². The smallest absolute Gasteiger partial charge is 0.226 e. The fourth-order valence-electron chi connectivity index (χ4n) is 3.56. The van der Waals surface area contributed by atoms with Crippen LogP contribution in [0.25, 0.3) is 10.8 Å². The Kier molecular flexibility index (Phi) is 4.79. The quantitative estimate of drug-likeness (QED) is 0.678. The maximum atomic E-state index is 5.46. The Labute approximate surface area is 157 Å². The van der Waals surface area contributed by atoms with Crippen molar-refractivity contribution in [2.45, 2.75) is 32.1 Å². The molecular formula is C19H23N5O3. The maximum Gasteiger partial charge on any atom is 0.226 e. The zero-order valence-corrected chi connectivity index (χ0v) is 15.8. The van der Waals surface area contributed by atoms with Gasteiger partial charge in [-0.1, -0.05) is 12.1 Å². The standard InChI is InChI=1S/C19H23N5O3/c1-4-17-21-18(23-27-17)12-5-7-24(8-6-12)19-14-10-16(26-3)15(25-2)9-13(14)11-20-22-19/h9-12H,4-8H2,1-3H3. The molecule has 0 N–H and O–H groups in total. The molecule has 4 rings (SSSR count). The number of hydrogen-bond donors (Lipinski definition) is 0. The minimum absolute atomic E-state index is 0.322.